The summed E-state index contributed by atoms with van der Waals surface area (Å²) in [6, 6.07) is 14.6. The quantitative estimate of drug-likeness (QED) is 0.488. The second-order valence-corrected chi connectivity index (χ2v) is 7.13. The van der Waals surface area contributed by atoms with Crippen molar-refractivity contribution in [3.05, 3.63) is 58.9 Å². The molecule has 0 fully saturated rings. The highest BCUT2D eigenvalue weighted by Gasteiger charge is 2.19. The van der Waals surface area contributed by atoms with Crippen LogP contribution in [0.3, 0.4) is 0 Å². The average molecular weight is 368 g/mol. The van der Waals surface area contributed by atoms with Crippen molar-refractivity contribution in [3.8, 4) is 11.4 Å². The zero-order valence-electron chi connectivity index (χ0n) is 14.9. The van der Waals surface area contributed by atoms with Gasteiger partial charge in [-0.2, -0.15) is 0 Å². The maximum Gasteiger partial charge on any atom is 0.266 e. The van der Waals surface area contributed by atoms with Gasteiger partial charge in [-0.3, -0.25) is 14.2 Å². The third kappa shape index (κ3) is 3.51. The van der Waals surface area contributed by atoms with Crippen molar-refractivity contribution in [3.63, 3.8) is 0 Å². The van der Waals surface area contributed by atoms with Gasteiger partial charge in [-0.05, 0) is 45.0 Å². The van der Waals surface area contributed by atoms with Crippen LogP contribution in [-0.4, -0.2) is 27.2 Å². The van der Waals surface area contributed by atoms with Gasteiger partial charge in [0.15, 0.2) is 5.16 Å². The Bertz CT molecular complexity index is 1010. The smallest absolute Gasteiger partial charge is 0.266 e. The molecule has 1 unspecified atom stereocenters. The number of fused-ring (bicyclic) bond motifs is 1. The Balaban J connectivity index is 2.30. The third-order valence-electron chi connectivity index (χ3n) is 4.01. The van der Waals surface area contributed by atoms with Crippen molar-refractivity contribution in [2.24, 2.45) is 0 Å². The highest BCUT2D eigenvalue weighted by molar-refractivity contribution is 8.00. The molecule has 0 N–H and O–H groups in total. The van der Waals surface area contributed by atoms with E-state index in [0.29, 0.717) is 34.1 Å². The third-order valence-corrected chi connectivity index (χ3v) is 5.18. The topological polar surface area (TPSA) is 61.2 Å². The van der Waals surface area contributed by atoms with Crippen molar-refractivity contribution in [2.75, 3.05) is 6.61 Å². The fourth-order valence-corrected chi connectivity index (χ4v) is 3.48. The number of para-hydroxylation sites is 3. The summed E-state index contributed by atoms with van der Waals surface area (Å²) in [5.74, 6) is 0.633. The SMILES string of the molecule is CCOc1ccccc1-n1c(SC(C)C(C)=O)nc2ccccc2c1=O. The summed E-state index contributed by atoms with van der Waals surface area (Å²) in [6.07, 6.45) is 0. The molecule has 0 radical (unpaired) electrons. The van der Waals surface area contributed by atoms with Crippen LogP contribution in [0, 0.1) is 0 Å². The van der Waals surface area contributed by atoms with E-state index in [4.69, 9.17) is 4.74 Å². The van der Waals surface area contributed by atoms with Gasteiger partial charge in [0.2, 0.25) is 0 Å². The maximum absolute atomic E-state index is 13.2. The minimum atomic E-state index is -0.312. The number of ketones is 1. The van der Waals surface area contributed by atoms with Crippen molar-refractivity contribution in [1.29, 1.82) is 0 Å². The first-order valence-electron chi connectivity index (χ1n) is 8.44. The zero-order chi connectivity index (χ0) is 18.7. The highest BCUT2D eigenvalue weighted by Crippen LogP contribution is 2.29. The van der Waals surface area contributed by atoms with Crippen molar-refractivity contribution in [2.45, 2.75) is 31.2 Å². The number of aromatic nitrogens is 2. The number of carbonyl (C=O) groups is 1. The number of nitrogens with zero attached hydrogens (tertiary/aromatic N) is 2. The summed E-state index contributed by atoms with van der Waals surface area (Å²) in [4.78, 5) is 29.6. The molecular formula is C20H20N2O3S. The van der Waals surface area contributed by atoms with Crippen LogP contribution < -0.4 is 10.3 Å². The average Bonchev–Trinajstić information content (AvgIpc) is 2.63. The number of Topliss-reactive ketones (excluding diaryl/α,β-unsaturated/α-hetero) is 1. The van der Waals surface area contributed by atoms with Gasteiger partial charge >= 0.3 is 0 Å². The Morgan fingerprint density at radius 3 is 2.62 bits per heavy atom. The minimum Gasteiger partial charge on any atom is -0.492 e. The van der Waals surface area contributed by atoms with E-state index < -0.39 is 0 Å². The highest BCUT2D eigenvalue weighted by atomic mass is 32.2. The number of ether oxygens (including phenoxy) is 1. The van der Waals surface area contributed by atoms with Crippen molar-refractivity contribution < 1.29 is 9.53 Å². The van der Waals surface area contributed by atoms with E-state index >= 15 is 0 Å². The van der Waals surface area contributed by atoms with E-state index in [1.54, 1.807) is 12.1 Å². The Morgan fingerprint density at radius 1 is 1.19 bits per heavy atom. The molecule has 0 aliphatic carbocycles. The van der Waals surface area contributed by atoms with Gasteiger partial charge in [0.1, 0.15) is 11.5 Å². The number of hydrogen-bond donors (Lipinski definition) is 0. The van der Waals surface area contributed by atoms with Crippen LogP contribution in [0.15, 0.2) is 58.5 Å². The summed E-state index contributed by atoms with van der Waals surface area (Å²) >= 11 is 1.28. The monoisotopic (exact) mass is 368 g/mol. The van der Waals surface area contributed by atoms with Crippen molar-refractivity contribution in [1.82, 2.24) is 9.55 Å². The van der Waals surface area contributed by atoms with E-state index in [2.05, 4.69) is 4.98 Å². The Labute approximate surface area is 156 Å². The normalized spacial score (nSPS) is 12.1. The lowest BCUT2D eigenvalue weighted by Crippen LogP contribution is -2.23. The molecule has 5 nitrogen and oxygen atoms in total. The van der Waals surface area contributed by atoms with Crippen LogP contribution in [0.5, 0.6) is 5.75 Å². The summed E-state index contributed by atoms with van der Waals surface area (Å²) in [5, 5.41) is 0.691. The van der Waals surface area contributed by atoms with Crippen LogP contribution in [-0.2, 0) is 4.79 Å². The first-order chi connectivity index (χ1) is 12.5. The fraction of sp³-hybridized carbons (Fsp3) is 0.250. The lowest BCUT2D eigenvalue weighted by atomic mass is 10.2. The zero-order valence-corrected chi connectivity index (χ0v) is 15.7. The van der Waals surface area contributed by atoms with Gasteiger partial charge in [-0.25, -0.2) is 4.98 Å². The number of carbonyl (C=O) groups excluding carboxylic acids is 1. The summed E-state index contributed by atoms with van der Waals surface area (Å²) in [6.45, 7) is 5.73. The minimum absolute atomic E-state index is 0.0297. The second-order valence-electron chi connectivity index (χ2n) is 5.82. The Morgan fingerprint density at radius 2 is 1.88 bits per heavy atom. The van der Waals surface area contributed by atoms with E-state index in [9.17, 15) is 9.59 Å². The lowest BCUT2D eigenvalue weighted by Gasteiger charge is -2.17. The molecule has 0 aliphatic heterocycles. The Kier molecular flexibility index (Phi) is 5.42. The molecule has 2 aromatic carbocycles. The fourth-order valence-electron chi connectivity index (χ4n) is 2.56. The van der Waals surface area contributed by atoms with Gasteiger partial charge in [0.25, 0.3) is 5.56 Å². The second kappa shape index (κ2) is 7.74. The number of thioether (sulfide) groups is 1. The molecule has 0 bridgehead atoms. The lowest BCUT2D eigenvalue weighted by molar-refractivity contribution is -0.116. The molecule has 0 saturated heterocycles. The summed E-state index contributed by atoms with van der Waals surface area (Å²) < 4.78 is 7.24. The van der Waals surface area contributed by atoms with Crippen LogP contribution >= 0.6 is 11.8 Å². The molecule has 1 aromatic heterocycles. The first-order valence-corrected chi connectivity index (χ1v) is 9.32. The van der Waals surface area contributed by atoms with Crippen LogP contribution in [0.4, 0.5) is 0 Å². The van der Waals surface area contributed by atoms with Crippen LogP contribution in [0.25, 0.3) is 16.6 Å². The van der Waals surface area contributed by atoms with E-state index in [0.717, 1.165) is 0 Å². The summed E-state index contributed by atoms with van der Waals surface area (Å²) in [5.41, 5.74) is 1.05. The number of hydrogen-bond acceptors (Lipinski definition) is 5. The number of benzene rings is 2. The molecule has 1 heterocycles. The molecule has 6 heteroatoms. The molecule has 3 rings (SSSR count). The first kappa shape index (κ1) is 18.2. The molecule has 0 amide bonds. The van der Waals surface area contributed by atoms with Crippen LogP contribution in [0.1, 0.15) is 20.8 Å². The molecule has 0 spiro atoms. The van der Waals surface area contributed by atoms with Gasteiger partial charge in [-0.1, -0.05) is 36.0 Å². The van der Waals surface area contributed by atoms with Gasteiger partial charge in [-0.15, -0.1) is 0 Å². The van der Waals surface area contributed by atoms with Gasteiger partial charge < -0.3 is 4.74 Å². The van der Waals surface area contributed by atoms with Gasteiger partial charge in [0.05, 0.1) is 28.4 Å². The largest absolute Gasteiger partial charge is 0.492 e. The predicted molar refractivity (Wildman–Crippen MR) is 105 cm³/mol. The predicted octanol–water partition coefficient (Wildman–Crippen LogP) is 3.85. The molecule has 1 atom stereocenters. The molecule has 0 saturated carbocycles. The molecule has 0 aliphatic rings. The Hall–Kier alpha value is -2.60. The van der Waals surface area contributed by atoms with E-state index in [1.807, 2.05) is 50.2 Å². The standard InChI is InChI=1S/C20H20N2O3S/c1-4-25-18-12-8-7-11-17(18)22-19(24)15-9-5-6-10-16(15)21-20(22)26-14(3)13(2)23/h5-12,14H,4H2,1-3H3. The van der Waals surface area contributed by atoms with E-state index in [-0.39, 0.29) is 16.6 Å². The molecule has 26 heavy (non-hydrogen) atoms. The molecule has 134 valence electrons. The van der Waals surface area contributed by atoms with Gasteiger partial charge in [0, 0.05) is 0 Å². The number of rotatable bonds is 6. The van der Waals surface area contributed by atoms with Crippen LogP contribution in [0.2, 0.25) is 0 Å². The summed E-state index contributed by atoms with van der Waals surface area (Å²) in [7, 11) is 0. The molecular weight excluding hydrogens is 348 g/mol. The van der Waals surface area contributed by atoms with E-state index in [1.165, 1.54) is 23.3 Å². The maximum atomic E-state index is 13.2. The van der Waals surface area contributed by atoms with Crippen molar-refractivity contribution >= 4 is 28.4 Å². The molecule has 3 aromatic rings.